The Bertz CT molecular complexity index is 2120. The number of anilines is 1. The first-order valence-corrected chi connectivity index (χ1v) is 20.0. The van der Waals surface area contributed by atoms with E-state index in [1.807, 2.05) is 71.9 Å². The van der Waals surface area contributed by atoms with Crippen LogP contribution in [0.4, 0.5) is 10.5 Å². The molecule has 5 N–H and O–H groups in total. The number of alkyl carbamates (subject to hydrolysis) is 1. The van der Waals surface area contributed by atoms with Gasteiger partial charge in [0.25, 0.3) is 5.56 Å². The normalized spacial score (nSPS) is 16.9. The summed E-state index contributed by atoms with van der Waals surface area (Å²) in [7, 11) is -3.59. The van der Waals surface area contributed by atoms with Gasteiger partial charge in [0.2, 0.25) is 21.8 Å². The van der Waals surface area contributed by atoms with E-state index in [0.717, 1.165) is 35.1 Å². The van der Waals surface area contributed by atoms with E-state index in [1.165, 1.54) is 4.31 Å². The molecule has 1 heterocycles. The fourth-order valence-corrected chi connectivity index (χ4v) is 8.45. The van der Waals surface area contributed by atoms with Crippen molar-refractivity contribution >= 4 is 44.5 Å². The third kappa shape index (κ3) is 9.97. The highest BCUT2D eigenvalue weighted by molar-refractivity contribution is 7.89. The van der Waals surface area contributed by atoms with Crippen molar-refractivity contribution in [1.82, 2.24) is 25.1 Å². The predicted molar refractivity (Wildman–Crippen MR) is 210 cm³/mol. The second-order valence-electron chi connectivity index (χ2n) is 15.0. The van der Waals surface area contributed by atoms with E-state index in [2.05, 4.69) is 26.1 Å². The Morgan fingerprint density at radius 3 is 2.24 bits per heavy atom. The highest BCUT2D eigenvalue weighted by Gasteiger charge is 2.30. The van der Waals surface area contributed by atoms with E-state index in [-0.39, 0.29) is 34.6 Å². The molecule has 5 rings (SSSR count). The molecule has 4 aromatic rings. The highest BCUT2D eigenvalue weighted by atomic mass is 32.2. The molecule has 0 radical (unpaired) electrons. The molecule has 13 nitrogen and oxygen atoms in total. The zero-order chi connectivity index (χ0) is 39.2. The zero-order valence-electron chi connectivity index (χ0n) is 31.9. The number of ether oxygens (including phenoxy) is 1. The van der Waals surface area contributed by atoms with Gasteiger partial charge in [-0.3, -0.25) is 24.6 Å². The maximum absolute atomic E-state index is 13.8. The number of amides is 3. The fraction of sp³-hybridized carbons (Fsp3) is 0.450. The van der Waals surface area contributed by atoms with Crippen molar-refractivity contribution in [2.75, 3.05) is 25.0 Å². The SMILES string of the molecule is CCN(CC)S(=O)(=O)c1ccc(-c2ccc(CC(NC(=O)C3CCC(CNC(=O)OC(C)(C)C)CC3)C(=O)Nc3ccc4c(=O)[nH][nH]c4c3)cc2)c(C)c1. The van der Waals surface area contributed by atoms with Gasteiger partial charge in [-0.15, -0.1) is 0 Å². The number of hydrogen-bond donors (Lipinski definition) is 5. The van der Waals surface area contributed by atoms with Crippen LogP contribution >= 0.6 is 0 Å². The maximum Gasteiger partial charge on any atom is 0.407 e. The molecule has 1 aliphatic carbocycles. The van der Waals surface area contributed by atoms with E-state index in [0.29, 0.717) is 49.1 Å². The van der Waals surface area contributed by atoms with Crippen LogP contribution in [0.1, 0.15) is 71.4 Å². The molecular weight excluding hydrogens is 709 g/mol. The molecule has 1 unspecified atom stereocenters. The molecule has 1 atom stereocenters. The molecule has 1 fully saturated rings. The average Bonchev–Trinajstić information content (AvgIpc) is 3.50. The Balaban J connectivity index is 1.28. The van der Waals surface area contributed by atoms with Crippen LogP contribution in [0.2, 0.25) is 0 Å². The first kappa shape index (κ1) is 40.2. The molecule has 0 bridgehead atoms. The largest absolute Gasteiger partial charge is 0.444 e. The number of rotatable bonds is 13. The van der Waals surface area contributed by atoms with Gasteiger partial charge in [-0.1, -0.05) is 44.2 Å². The first-order chi connectivity index (χ1) is 25.6. The van der Waals surface area contributed by atoms with Crippen LogP contribution < -0.4 is 21.5 Å². The van der Waals surface area contributed by atoms with Crippen LogP contribution in [0.5, 0.6) is 0 Å². The van der Waals surface area contributed by atoms with Crippen LogP contribution in [-0.2, 0) is 30.8 Å². The minimum atomic E-state index is -3.59. The monoisotopic (exact) mass is 760 g/mol. The fourth-order valence-electron chi connectivity index (χ4n) is 6.90. The predicted octanol–water partition coefficient (Wildman–Crippen LogP) is 5.86. The quantitative estimate of drug-likeness (QED) is 0.113. The van der Waals surface area contributed by atoms with Gasteiger partial charge in [0.05, 0.1) is 15.8 Å². The van der Waals surface area contributed by atoms with Gasteiger partial charge in [-0.05, 0) is 112 Å². The number of fused-ring (bicyclic) bond motifs is 1. The highest BCUT2D eigenvalue weighted by Crippen LogP contribution is 2.30. The summed E-state index contributed by atoms with van der Waals surface area (Å²) < 4.78 is 32.9. The number of aromatic nitrogens is 2. The number of nitrogens with one attached hydrogen (secondary N) is 5. The molecule has 1 aliphatic rings. The van der Waals surface area contributed by atoms with Gasteiger partial charge in [0, 0.05) is 37.7 Å². The number of hydrogen-bond acceptors (Lipinski definition) is 7. The maximum atomic E-state index is 13.8. The van der Waals surface area contributed by atoms with Crippen molar-refractivity contribution in [2.45, 2.75) is 90.2 Å². The van der Waals surface area contributed by atoms with E-state index in [9.17, 15) is 27.6 Å². The molecule has 14 heteroatoms. The summed E-state index contributed by atoms with van der Waals surface area (Å²) in [6.45, 7) is 12.2. The van der Waals surface area contributed by atoms with E-state index < -0.39 is 33.7 Å². The van der Waals surface area contributed by atoms with Gasteiger partial charge in [0.1, 0.15) is 11.6 Å². The number of carbonyl (C=O) groups excluding carboxylic acids is 3. The van der Waals surface area contributed by atoms with E-state index in [1.54, 1.807) is 30.3 Å². The Labute approximate surface area is 316 Å². The third-order valence-electron chi connectivity index (χ3n) is 9.87. The molecule has 1 aromatic heterocycles. The number of sulfonamides is 1. The van der Waals surface area contributed by atoms with E-state index >= 15 is 0 Å². The molecule has 3 amide bonds. The molecule has 0 saturated heterocycles. The van der Waals surface area contributed by atoms with Crippen LogP contribution in [-0.4, -0.2) is 72.1 Å². The lowest BCUT2D eigenvalue weighted by Crippen LogP contribution is -2.48. The van der Waals surface area contributed by atoms with Crippen molar-refractivity contribution in [3.8, 4) is 11.1 Å². The summed E-state index contributed by atoms with van der Waals surface area (Å²) in [5, 5.41) is 14.6. The number of H-pyrrole nitrogens is 2. The van der Waals surface area contributed by atoms with Crippen LogP contribution in [0.3, 0.4) is 0 Å². The summed E-state index contributed by atoms with van der Waals surface area (Å²) in [5.74, 6) is -0.661. The second kappa shape index (κ2) is 17.0. The molecule has 0 spiro atoms. The minimum absolute atomic E-state index is 0.203. The molecule has 54 heavy (non-hydrogen) atoms. The summed E-state index contributed by atoms with van der Waals surface area (Å²) >= 11 is 0. The Hall–Kier alpha value is -4.95. The summed E-state index contributed by atoms with van der Waals surface area (Å²) in [6.07, 6.45) is 2.52. The standard InChI is InChI=1S/C40H52N6O7S/c1-7-46(8-2)54(51,52)31-18-20-32(25(3)21-31)28-13-9-26(10-14-28)22-35(38(49)42-30-17-19-33-34(23-30)44-45-37(33)48)43-36(47)29-15-11-27(12-16-29)24-41-39(50)53-40(4,5)6/h9-10,13-14,17-21,23,27,29,35H,7-8,11-12,15-16,22,24H2,1-6H3,(H,41,50)(H,42,49)(H,43,47)(H2,44,45,48). The van der Waals surface area contributed by atoms with Gasteiger partial charge < -0.3 is 20.7 Å². The topological polar surface area (TPSA) is 183 Å². The van der Waals surface area contributed by atoms with Crippen molar-refractivity contribution < 1.29 is 27.5 Å². The average molecular weight is 761 g/mol. The summed E-state index contributed by atoms with van der Waals surface area (Å²) in [4.78, 5) is 51.8. The molecule has 0 aliphatic heterocycles. The number of nitrogens with zero attached hydrogens (tertiary/aromatic N) is 1. The lowest BCUT2D eigenvalue weighted by molar-refractivity contribution is -0.130. The van der Waals surface area contributed by atoms with Crippen LogP contribution in [0, 0.1) is 18.8 Å². The Morgan fingerprint density at radius 1 is 0.926 bits per heavy atom. The van der Waals surface area contributed by atoms with Crippen LogP contribution in [0.25, 0.3) is 22.0 Å². The Kier molecular flexibility index (Phi) is 12.7. The summed E-state index contributed by atoms with van der Waals surface area (Å²) in [6, 6.07) is 16.8. The third-order valence-corrected chi connectivity index (χ3v) is 11.9. The number of aromatic amines is 2. The smallest absolute Gasteiger partial charge is 0.407 e. The summed E-state index contributed by atoms with van der Waals surface area (Å²) in [5.41, 5.74) is 3.58. The van der Waals surface area contributed by atoms with Gasteiger partial charge in [-0.2, -0.15) is 4.31 Å². The van der Waals surface area contributed by atoms with E-state index in [4.69, 9.17) is 4.74 Å². The van der Waals surface area contributed by atoms with Crippen molar-refractivity contribution in [2.24, 2.45) is 11.8 Å². The van der Waals surface area contributed by atoms with Gasteiger partial charge >= 0.3 is 6.09 Å². The second-order valence-corrected chi connectivity index (χ2v) is 16.9. The lowest BCUT2D eigenvalue weighted by atomic mass is 9.81. The van der Waals surface area contributed by atoms with Crippen molar-refractivity contribution in [3.63, 3.8) is 0 Å². The minimum Gasteiger partial charge on any atom is -0.444 e. The number of aryl methyl sites for hydroxylation is 1. The first-order valence-electron chi connectivity index (χ1n) is 18.6. The number of carbonyl (C=O) groups is 3. The van der Waals surface area contributed by atoms with Crippen molar-refractivity contribution in [3.05, 3.63) is 82.1 Å². The molecule has 1 saturated carbocycles. The van der Waals surface area contributed by atoms with Crippen molar-refractivity contribution in [1.29, 1.82) is 0 Å². The lowest BCUT2D eigenvalue weighted by Gasteiger charge is -2.29. The molecule has 290 valence electrons. The number of benzene rings is 3. The molecular formula is C40H52N6O7S. The zero-order valence-corrected chi connectivity index (χ0v) is 32.7. The van der Waals surface area contributed by atoms with Gasteiger partial charge in [0.15, 0.2) is 0 Å². The van der Waals surface area contributed by atoms with Gasteiger partial charge in [-0.25, -0.2) is 13.2 Å². The van der Waals surface area contributed by atoms with Crippen LogP contribution in [0.15, 0.2) is 70.4 Å². The Morgan fingerprint density at radius 2 is 1.61 bits per heavy atom. The molecule has 3 aromatic carbocycles.